The summed E-state index contributed by atoms with van der Waals surface area (Å²) in [7, 11) is 0. The zero-order valence-electron chi connectivity index (χ0n) is 41.3. The van der Waals surface area contributed by atoms with E-state index in [1.54, 1.807) is 0 Å². The summed E-state index contributed by atoms with van der Waals surface area (Å²) in [6.07, 6.45) is -2.18. The first-order valence-corrected chi connectivity index (χ1v) is 24.7. The van der Waals surface area contributed by atoms with Crippen LogP contribution in [0.4, 0.5) is 0 Å². The molecular formula is C63H61BN2S. The zero-order valence-corrected chi connectivity index (χ0v) is 42.1. The Balaban J connectivity index is 1.39. The van der Waals surface area contributed by atoms with Crippen molar-refractivity contribution in [3.05, 3.63) is 185 Å². The van der Waals surface area contributed by atoms with Crippen molar-refractivity contribution in [3.63, 3.8) is 0 Å². The van der Waals surface area contributed by atoms with Crippen molar-refractivity contribution in [2.75, 3.05) is 0 Å². The molecule has 9 aromatic rings. The molecule has 1 aliphatic heterocycles. The molecule has 10 rings (SSSR count). The minimum Gasteiger partial charge on any atom is -0.431 e. The fraction of sp³-hybridized carbons (Fsp3) is 0.254. The smallest absolute Gasteiger partial charge is 0.431 e. The number of thiazole rings is 1. The predicted octanol–water partition coefficient (Wildman–Crippen LogP) is 15.8. The molecule has 0 bridgehead atoms. The van der Waals surface area contributed by atoms with E-state index in [1.165, 1.54) is 76.1 Å². The van der Waals surface area contributed by atoms with Gasteiger partial charge >= 0.3 is 6.42 Å². The zero-order chi connectivity index (χ0) is 47.3. The van der Waals surface area contributed by atoms with Crippen LogP contribution in [0.2, 0.25) is 0 Å². The Hall–Kier alpha value is -6.59. The second-order valence-corrected chi connectivity index (χ2v) is 23.9. The molecule has 1 aliphatic rings. The van der Waals surface area contributed by atoms with E-state index in [9.17, 15) is 0 Å². The van der Waals surface area contributed by atoms with Gasteiger partial charge in [0.05, 0.1) is 10.3 Å². The van der Waals surface area contributed by atoms with Crippen LogP contribution in [0.5, 0.6) is 0 Å². The molecule has 3 heterocycles. The SMILES string of the molecule is CC(C)(C)c1cc(-c2ccc3c(c2)c2cc(-c4cc(C(C)(C)C)cc(C(C)(C)C)c4)cc4c2n3[B-](C#Cc2ccccc2)(C#Cc2ccccc2)[n+]2c-4sc3ccccc32)cc(C(C)(C)C)c1. The van der Waals surface area contributed by atoms with E-state index in [1.807, 2.05) is 11.3 Å². The topological polar surface area (TPSA) is 8.81 Å². The van der Waals surface area contributed by atoms with Gasteiger partial charge < -0.3 is 8.96 Å². The third kappa shape index (κ3) is 7.90. The lowest BCUT2D eigenvalue weighted by Crippen LogP contribution is -2.70. The number of aromatic nitrogens is 2. The van der Waals surface area contributed by atoms with Crippen molar-refractivity contribution in [2.24, 2.45) is 0 Å². The minimum atomic E-state index is -2.18. The molecule has 0 amide bonds. The molecule has 67 heavy (non-hydrogen) atoms. The Morgan fingerprint density at radius 3 is 1.40 bits per heavy atom. The van der Waals surface area contributed by atoms with E-state index in [2.05, 4.69) is 267 Å². The van der Waals surface area contributed by atoms with Crippen molar-refractivity contribution in [1.82, 2.24) is 4.48 Å². The molecule has 0 N–H and O–H groups in total. The number of para-hydroxylation sites is 1. The Labute approximate surface area is 402 Å². The average molecular weight is 889 g/mol. The summed E-state index contributed by atoms with van der Waals surface area (Å²) in [5, 5.41) is 3.58. The van der Waals surface area contributed by atoms with Crippen LogP contribution < -0.4 is 4.48 Å². The molecule has 0 fully saturated rings. The largest absolute Gasteiger partial charge is 0.522 e. The lowest BCUT2D eigenvalue weighted by atomic mass is 9.45. The molecule has 4 heteroatoms. The number of rotatable bonds is 2. The van der Waals surface area contributed by atoms with Gasteiger partial charge in [-0.15, -0.1) is 11.8 Å². The van der Waals surface area contributed by atoms with Gasteiger partial charge in [0.1, 0.15) is 0 Å². The molecule has 0 atom stereocenters. The third-order valence-electron chi connectivity index (χ3n) is 13.8. The molecule has 0 unspecified atom stereocenters. The molecule has 0 radical (unpaired) electrons. The van der Waals surface area contributed by atoms with Crippen molar-refractivity contribution in [1.29, 1.82) is 0 Å². The quantitative estimate of drug-likeness (QED) is 0.121. The monoisotopic (exact) mass is 888 g/mol. The van der Waals surface area contributed by atoms with Crippen molar-refractivity contribution in [2.45, 2.75) is 105 Å². The van der Waals surface area contributed by atoms with Gasteiger partial charge in [0.25, 0.3) is 0 Å². The van der Waals surface area contributed by atoms with Crippen LogP contribution in [0.1, 0.15) is 116 Å². The minimum absolute atomic E-state index is 0.0133. The maximum atomic E-state index is 4.00. The molecule has 0 spiro atoms. The molecule has 2 aromatic heterocycles. The fourth-order valence-corrected chi connectivity index (χ4v) is 11.0. The lowest BCUT2D eigenvalue weighted by Gasteiger charge is -2.33. The van der Waals surface area contributed by atoms with E-state index in [0.29, 0.717) is 0 Å². The Morgan fingerprint density at radius 1 is 0.448 bits per heavy atom. The molecule has 0 aliphatic carbocycles. The van der Waals surface area contributed by atoms with Crippen LogP contribution in [-0.2, 0) is 21.7 Å². The maximum Gasteiger partial charge on any atom is 0.522 e. The van der Waals surface area contributed by atoms with Crippen LogP contribution in [0.15, 0.2) is 152 Å². The van der Waals surface area contributed by atoms with E-state index < -0.39 is 6.42 Å². The maximum absolute atomic E-state index is 4.00. The van der Waals surface area contributed by atoms with Crippen molar-refractivity contribution < 1.29 is 4.48 Å². The number of nitrogens with zero attached hydrogens (tertiary/aromatic N) is 2. The van der Waals surface area contributed by atoms with Gasteiger partial charge in [0, 0.05) is 39.0 Å². The molecule has 332 valence electrons. The van der Waals surface area contributed by atoms with Crippen LogP contribution in [0.25, 0.3) is 64.8 Å². The van der Waals surface area contributed by atoms with Crippen LogP contribution >= 0.6 is 11.3 Å². The van der Waals surface area contributed by atoms with Gasteiger partial charge in [0.2, 0.25) is 5.01 Å². The predicted molar refractivity (Wildman–Crippen MR) is 289 cm³/mol. The summed E-state index contributed by atoms with van der Waals surface area (Å²) >= 11 is 1.85. The number of benzene rings is 7. The second kappa shape index (κ2) is 15.8. The summed E-state index contributed by atoms with van der Waals surface area (Å²) in [5.74, 6) is 15.4. The molecule has 0 saturated carbocycles. The van der Waals surface area contributed by atoms with Gasteiger partial charge in [-0.3, -0.25) is 0 Å². The van der Waals surface area contributed by atoms with Gasteiger partial charge in [-0.1, -0.05) is 185 Å². The lowest BCUT2D eigenvalue weighted by molar-refractivity contribution is -0.497. The molecule has 0 saturated heterocycles. The number of hydrogen-bond acceptors (Lipinski definition) is 1. The van der Waals surface area contributed by atoms with E-state index >= 15 is 0 Å². The average Bonchev–Trinajstić information content (AvgIpc) is 3.86. The summed E-state index contributed by atoms with van der Waals surface area (Å²) < 4.78 is 6.27. The fourth-order valence-electron chi connectivity index (χ4n) is 9.78. The van der Waals surface area contributed by atoms with Crippen LogP contribution in [-0.4, -0.2) is 10.9 Å². The van der Waals surface area contributed by atoms with Gasteiger partial charge in [-0.2, -0.15) is 11.6 Å². The molecule has 7 aromatic carbocycles. The van der Waals surface area contributed by atoms with Gasteiger partial charge in [-0.25, -0.2) is 0 Å². The summed E-state index contributed by atoms with van der Waals surface area (Å²) in [6, 6.07) is 56.3. The highest BCUT2D eigenvalue weighted by atomic mass is 32.1. The second-order valence-electron chi connectivity index (χ2n) is 22.9. The van der Waals surface area contributed by atoms with Gasteiger partial charge in [0.15, 0.2) is 5.52 Å². The van der Waals surface area contributed by atoms with Crippen LogP contribution in [0.3, 0.4) is 0 Å². The van der Waals surface area contributed by atoms with E-state index in [0.717, 1.165) is 22.2 Å². The summed E-state index contributed by atoms with van der Waals surface area (Å²) in [4.78, 5) is 0. The third-order valence-corrected chi connectivity index (χ3v) is 15.0. The summed E-state index contributed by atoms with van der Waals surface area (Å²) in [6.45, 7) is 27.9. The Bertz CT molecular complexity index is 3430. The molecule has 2 nitrogen and oxygen atoms in total. The number of fused-ring (bicyclic) bond motifs is 7. The molecular weight excluding hydrogens is 828 g/mol. The Kier molecular flexibility index (Phi) is 10.4. The normalized spacial score (nSPS) is 13.6. The first-order valence-electron chi connectivity index (χ1n) is 23.9. The standard InChI is InChI=1S/C63H61BN2S/c1-60(2,3)48-33-45(34-49(40-48)61(4,5)6)44-27-28-55-52(37-44)53-38-47(46-35-50(62(7,8)9)41-51(36-46)63(10,11)12)39-54-58(53)65(55)64(31-29-42-21-15-13-16-22-42,32-30-43-23-17-14-18-24-43)66-56-25-19-20-26-57(56)67-59(54)66/h13-28,33-41H,1-12H3. The highest BCUT2D eigenvalue weighted by molar-refractivity contribution is 7.21. The Morgan fingerprint density at radius 2 is 0.896 bits per heavy atom. The summed E-state index contributed by atoms with van der Waals surface area (Å²) in [5.41, 5.74) is 16.7. The first kappa shape index (κ1) is 44.3. The van der Waals surface area contributed by atoms with Crippen molar-refractivity contribution in [3.8, 4) is 56.3 Å². The number of hydrogen-bond donors (Lipinski definition) is 0. The highest BCUT2D eigenvalue weighted by Gasteiger charge is 2.48. The van der Waals surface area contributed by atoms with E-state index in [-0.39, 0.29) is 21.7 Å². The van der Waals surface area contributed by atoms with Crippen molar-refractivity contribution >= 4 is 49.8 Å². The van der Waals surface area contributed by atoms with E-state index in [4.69, 9.17) is 0 Å². The van der Waals surface area contributed by atoms with Crippen LogP contribution in [0, 0.1) is 23.5 Å². The van der Waals surface area contributed by atoms with Gasteiger partial charge in [-0.05, 0) is 121 Å². The first-order chi connectivity index (χ1) is 31.7. The highest BCUT2D eigenvalue weighted by Crippen LogP contribution is 2.47.